The van der Waals surface area contributed by atoms with E-state index in [0.29, 0.717) is 10.7 Å². The second-order valence-electron chi connectivity index (χ2n) is 4.04. The first kappa shape index (κ1) is 14.7. The fourth-order valence-electron chi connectivity index (χ4n) is 1.50. The van der Waals surface area contributed by atoms with Crippen molar-refractivity contribution in [2.24, 2.45) is 5.10 Å². The summed E-state index contributed by atoms with van der Waals surface area (Å²) in [7, 11) is 0. The summed E-state index contributed by atoms with van der Waals surface area (Å²) in [5.41, 5.74) is 3.32. The summed E-state index contributed by atoms with van der Waals surface area (Å²) in [6.07, 6.45) is 1.45. The van der Waals surface area contributed by atoms with Gasteiger partial charge in [0.15, 0.2) is 0 Å². The Bertz CT molecular complexity index is 672. The zero-order valence-corrected chi connectivity index (χ0v) is 11.7. The molecule has 2 rings (SSSR count). The Morgan fingerprint density at radius 2 is 1.62 bits per heavy atom. The number of halogens is 1. The van der Waals surface area contributed by atoms with Crippen molar-refractivity contribution in [2.45, 2.75) is 0 Å². The Morgan fingerprint density at radius 1 is 0.952 bits per heavy atom. The fraction of sp³-hybridized carbons (Fsp3) is 0. The van der Waals surface area contributed by atoms with Crippen molar-refractivity contribution < 1.29 is 9.59 Å². The van der Waals surface area contributed by atoms with Crippen molar-refractivity contribution >= 4 is 35.3 Å². The summed E-state index contributed by atoms with van der Waals surface area (Å²) in [5, 5.41) is 6.46. The standard InChI is InChI=1S/C15H12ClN3O2/c16-12-8-4-5-9-13(12)18-14(20)15(21)19-17-10-11-6-2-1-3-7-11/h1-10H,(H,18,20)(H,19,21). The lowest BCUT2D eigenvalue weighted by Gasteiger charge is -2.05. The molecule has 2 aromatic rings. The first-order chi connectivity index (χ1) is 10.2. The van der Waals surface area contributed by atoms with Gasteiger partial charge in [-0.15, -0.1) is 0 Å². The van der Waals surface area contributed by atoms with Gasteiger partial charge in [-0.1, -0.05) is 54.1 Å². The highest BCUT2D eigenvalue weighted by Gasteiger charge is 2.13. The second kappa shape index (κ2) is 7.21. The van der Waals surface area contributed by atoms with Crippen LogP contribution in [0.4, 0.5) is 5.69 Å². The highest BCUT2D eigenvalue weighted by atomic mass is 35.5. The molecular formula is C15H12ClN3O2. The van der Waals surface area contributed by atoms with Gasteiger partial charge in [0.05, 0.1) is 16.9 Å². The maximum atomic E-state index is 11.7. The maximum Gasteiger partial charge on any atom is 0.329 e. The van der Waals surface area contributed by atoms with Crippen molar-refractivity contribution in [1.29, 1.82) is 0 Å². The zero-order valence-electron chi connectivity index (χ0n) is 10.9. The van der Waals surface area contributed by atoms with Gasteiger partial charge in [-0.3, -0.25) is 9.59 Å². The number of amides is 2. The number of para-hydroxylation sites is 1. The number of nitrogens with zero attached hydrogens (tertiary/aromatic N) is 1. The molecule has 0 saturated carbocycles. The summed E-state index contributed by atoms with van der Waals surface area (Å²) in [6.45, 7) is 0. The molecule has 0 spiro atoms. The number of rotatable bonds is 3. The van der Waals surface area contributed by atoms with E-state index >= 15 is 0 Å². The number of carbonyl (C=O) groups excluding carboxylic acids is 2. The molecule has 0 saturated heterocycles. The Labute approximate surface area is 126 Å². The SMILES string of the molecule is O=C(NN=Cc1ccccc1)C(=O)Nc1ccccc1Cl. The lowest BCUT2D eigenvalue weighted by molar-refractivity contribution is -0.136. The molecule has 2 N–H and O–H groups in total. The van der Waals surface area contributed by atoms with E-state index in [0.717, 1.165) is 5.56 Å². The van der Waals surface area contributed by atoms with Crippen molar-refractivity contribution in [1.82, 2.24) is 5.43 Å². The Kier molecular flexibility index (Phi) is 5.06. The summed E-state index contributed by atoms with van der Waals surface area (Å²) in [6, 6.07) is 15.8. The monoisotopic (exact) mass is 301 g/mol. The average Bonchev–Trinajstić information content (AvgIpc) is 2.50. The van der Waals surface area contributed by atoms with Crippen LogP contribution < -0.4 is 10.7 Å². The molecule has 2 aromatic carbocycles. The number of hydrogen-bond acceptors (Lipinski definition) is 3. The van der Waals surface area contributed by atoms with Crippen LogP contribution >= 0.6 is 11.6 Å². The van der Waals surface area contributed by atoms with Gasteiger partial charge in [-0.2, -0.15) is 5.10 Å². The predicted octanol–water partition coefficient (Wildman–Crippen LogP) is 2.43. The Morgan fingerprint density at radius 3 is 2.33 bits per heavy atom. The highest BCUT2D eigenvalue weighted by molar-refractivity contribution is 6.41. The molecule has 106 valence electrons. The third-order valence-electron chi connectivity index (χ3n) is 2.51. The molecule has 0 bridgehead atoms. The molecule has 0 aliphatic rings. The minimum Gasteiger partial charge on any atom is -0.316 e. The van der Waals surface area contributed by atoms with Crippen LogP contribution in [-0.4, -0.2) is 18.0 Å². The van der Waals surface area contributed by atoms with Crippen molar-refractivity contribution in [3.05, 3.63) is 65.2 Å². The van der Waals surface area contributed by atoms with Gasteiger partial charge in [-0.05, 0) is 17.7 Å². The topological polar surface area (TPSA) is 70.6 Å². The molecule has 0 fully saturated rings. The number of anilines is 1. The predicted molar refractivity (Wildman–Crippen MR) is 82.3 cm³/mol. The van der Waals surface area contributed by atoms with Crippen molar-refractivity contribution in [3.63, 3.8) is 0 Å². The fourth-order valence-corrected chi connectivity index (χ4v) is 1.68. The molecule has 5 nitrogen and oxygen atoms in total. The summed E-state index contributed by atoms with van der Waals surface area (Å²) >= 11 is 5.88. The quantitative estimate of drug-likeness (QED) is 0.519. The zero-order chi connectivity index (χ0) is 15.1. The summed E-state index contributed by atoms with van der Waals surface area (Å²) < 4.78 is 0. The number of hydrogen-bond donors (Lipinski definition) is 2. The van der Waals surface area contributed by atoms with Gasteiger partial charge in [0.1, 0.15) is 0 Å². The Hall–Kier alpha value is -2.66. The molecular weight excluding hydrogens is 290 g/mol. The van der Waals surface area contributed by atoms with Crippen LogP contribution in [0, 0.1) is 0 Å². The molecule has 0 aromatic heterocycles. The van der Waals surface area contributed by atoms with E-state index in [-0.39, 0.29) is 0 Å². The maximum absolute atomic E-state index is 11.7. The van der Waals surface area contributed by atoms with Gasteiger partial charge in [0.2, 0.25) is 0 Å². The first-order valence-electron chi connectivity index (χ1n) is 6.11. The molecule has 0 aliphatic heterocycles. The largest absolute Gasteiger partial charge is 0.329 e. The van der Waals surface area contributed by atoms with Gasteiger partial charge in [0, 0.05) is 0 Å². The number of carbonyl (C=O) groups is 2. The number of hydrazone groups is 1. The van der Waals surface area contributed by atoms with Crippen LogP contribution in [0.3, 0.4) is 0 Å². The van der Waals surface area contributed by atoms with Crippen LogP contribution in [0.25, 0.3) is 0 Å². The van der Waals surface area contributed by atoms with Crippen LogP contribution in [0.5, 0.6) is 0 Å². The molecule has 21 heavy (non-hydrogen) atoms. The van der Waals surface area contributed by atoms with Crippen molar-refractivity contribution in [2.75, 3.05) is 5.32 Å². The van der Waals surface area contributed by atoms with E-state index in [1.165, 1.54) is 6.21 Å². The molecule has 0 radical (unpaired) electrons. The normalized spacial score (nSPS) is 10.3. The molecule has 0 atom stereocenters. The van der Waals surface area contributed by atoms with E-state index in [9.17, 15) is 9.59 Å². The third-order valence-corrected chi connectivity index (χ3v) is 2.84. The van der Waals surface area contributed by atoms with Crippen LogP contribution in [0.15, 0.2) is 59.7 Å². The highest BCUT2D eigenvalue weighted by Crippen LogP contribution is 2.20. The van der Waals surface area contributed by atoms with E-state index in [1.807, 2.05) is 30.3 Å². The molecule has 0 unspecified atom stereocenters. The summed E-state index contributed by atoms with van der Waals surface area (Å²) in [4.78, 5) is 23.2. The van der Waals surface area contributed by atoms with Gasteiger partial charge >= 0.3 is 11.8 Å². The minimum absolute atomic E-state index is 0.353. The van der Waals surface area contributed by atoms with Gasteiger partial charge < -0.3 is 5.32 Å². The lowest BCUT2D eigenvalue weighted by Crippen LogP contribution is -2.32. The minimum atomic E-state index is -0.873. The lowest BCUT2D eigenvalue weighted by atomic mass is 10.2. The molecule has 0 heterocycles. The summed E-state index contributed by atoms with van der Waals surface area (Å²) in [5.74, 6) is -1.71. The van der Waals surface area contributed by atoms with E-state index in [4.69, 9.17) is 11.6 Å². The van der Waals surface area contributed by atoms with E-state index in [2.05, 4.69) is 15.8 Å². The molecule has 0 aliphatic carbocycles. The Balaban J connectivity index is 1.90. The third kappa shape index (κ3) is 4.43. The van der Waals surface area contributed by atoms with E-state index in [1.54, 1.807) is 24.3 Å². The van der Waals surface area contributed by atoms with E-state index < -0.39 is 11.8 Å². The molecule has 6 heteroatoms. The van der Waals surface area contributed by atoms with Crippen LogP contribution in [0.2, 0.25) is 5.02 Å². The average molecular weight is 302 g/mol. The number of benzene rings is 2. The van der Waals surface area contributed by atoms with Crippen LogP contribution in [-0.2, 0) is 9.59 Å². The van der Waals surface area contributed by atoms with Crippen LogP contribution in [0.1, 0.15) is 5.56 Å². The van der Waals surface area contributed by atoms with Crippen molar-refractivity contribution in [3.8, 4) is 0 Å². The van der Waals surface area contributed by atoms with Gasteiger partial charge in [-0.25, -0.2) is 5.43 Å². The second-order valence-corrected chi connectivity index (χ2v) is 4.45. The first-order valence-corrected chi connectivity index (χ1v) is 6.48. The number of nitrogens with one attached hydrogen (secondary N) is 2. The van der Waals surface area contributed by atoms with Gasteiger partial charge in [0.25, 0.3) is 0 Å². The smallest absolute Gasteiger partial charge is 0.316 e. The molecule has 2 amide bonds.